The minimum Gasteiger partial charge on any atom is -0.329 e. The monoisotopic (exact) mass is 243 g/mol. The van der Waals surface area contributed by atoms with Crippen LogP contribution in [0.3, 0.4) is 0 Å². The second-order valence-corrected chi connectivity index (χ2v) is 4.93. The molecular weight excluding hydrogens is 222 g/mol. The third-order valence-corrected chi connectivity index (χ3v) is 3.55. The van der Waals surface area contributed by atoms with Crippen molar-refractivity contribution in [3.8, 4) is 0 Å². The van der Waals surface area contributed by atoms with Gasteiger partial charge in [-0.15, -0.1) is 0 Å². The molecule has 2 rings (SSSR count). The highest BCUT2D eigenvalue weighted by molar-refractivity contribution is 5.82. The maximum atomic E-state index is 5.97. The number of para-hydroxylation sites is 1. The van der Waals surface area contributed by atoms with Gasteiger partial charge in [0, 0.05) is 30.2 Å². The van der Waals surface area contributed by atoms with E-state index in [1.54, 1.807) is 0 Å². The molecule has 2 aromatic rings. The van der Waals surface area contributed by atoms with Crippen LogP contribution in [0, 0.1) is 0 Å². The molecule has 0 aliphatic rings. The smallest absolute Gasteiger partial charge is 0.0750 e. The summed E-state index contributed by atoms with van der Waals surface area (Å²) < 4.78 is 0. The molecule has 1 aromatic heterocycles. The Morgan fingerprint density at radius 3 is 2.61 bits per heavy atom. The number of rotatable bonds is 4. The number of aromatic nitrogens is 1. The Balaban J connectivity index is 2.51. The van der Waals surface area contributed by atoms with E-state index >= 15 is 0 Å². The summed E-state index contributed by atoms with van der Waals surface area (Å²) in [6.45, 7) is 4.97. The molecule has 0 amide bonds. The summed E-state index contributed by atoms with van der Waals surface area (Å²) in [5, 5.41) is 1.17. The number of nitrogens with zero attached hydrogens (tertiary/aromatic N) is 2. The van der Waals surface area contributed by atoms with Gasteiger partial charge < -0.3 is 5.73 Å². The lowest BCUT2D eigenvalue weighted by Crippen LogP contribution is -2.35. The van der Waals surface area contributed by atoms with Crippen molar-refractivity contribution in [1.82, 2.24) is 9.88 Å². The van der Waals surface area contributed by atoms with Crippen LogP contribution in [-0.4, -0.2) is 29.5 Å². The van der Waals surface area contributed by atoms with Crippen molar-refractivity contribution >= 4 is 10.9 Å². The van der Waals surface area contributed by atoms with Crippen molar-refractivity contribution in [3.63, 3.8) is 0 Å². The van der Waals surface area contributed by atoms with Crippen LogP contribution >= 0.6 is 0 Å². The highest BCUT2D eigenvalue weighted by atomic mass is 15.2. The zero-order valence-corrected chi connectivity index (χ0v) is 11.3. The Bertz CT molecular complexity index is 517. The van der Waals surface area contributed by atoms with Crippen molar-refractivity contribution in [2.24, 2.45) is 5.73 Å². The van der Waals surface area contributed by atoms with E-state index in [0.717, 1.165) is 5.52 Å². The van der Waals surface area contributed by atoms with Crippen molar-refractivity contribution in [1.29, 1.82) is 0 Å². The van der Waals surface area contributed by atoms with E-state index in [-0.39, 0.29) is 6.04 Å². The quantitative estimate of drug-likeness (QED) is 0.897. The first kappa shape index (κ1) is 13.0. The van der Waals surface area contributed by atoms with Crippen LogP contribution in [0.2, 0.25) is 0 Å². The fraction of sp³-hybridized carbons (Fsp3) is 0.400. The summed E-state index contributed by atoms with van der Waals surface area (Å²) >= 11 is 0. The van der Waals surface area contributed by atoms with Crippen LogP contribution in [0.1, 0.15) is 25.5 Å². The number of pyridine rings is 1. The highest BCUT2D eigenvalue weighted by Gasteiger charge is 2.20. The van der Waals surface area contributed by atoms with Crippen molar-refractivity contribution in [3.05, 3.63) is 42.1 Å². The van der Waals surface area contributed by atoms with Gasteiger partial charge in [-0.2, -0.15) is 0 Å². The van der Waals surface area contributed by atoms with Gasteiger partial charge in [-0.25, -0.2) is 0 Å². The first-order valence-electron chi connectivity index (χ1n) is 6.40. The molecular formula is C15H21N3. The van der Waals surface area contributed by atoms with Gasteiger partial charge in [0.25, 0.3) is 0 Å². The Hall–Kier alpha value is -1.45. The van der Waals surface area contributed by atoms with E-state index in [2.05, 4.69) is 55.0 Å². The zero-order chi connectivity index (χ0) is 13.1. The van der Waals surface area contributed by atoms with Crippen LogP contribution in [0.15, 0.2) is 36.5 Å². The van der Waals surface area contributed by atoms with Gasteiger partial charge in [0.1, 0.15) is 0 Å². The third kappa shape index (κ3) is 2.37. The summed E-state index contributed by atoms with van der Waals surface area (Å²) in [5.74, 6) is 0. The number of fused-ring (bicyclic) bond motifs is 1. The maximum absolute atomic E-state index is 5.97. The largest absolute Gasteiger partial charge is 0.329 e. The highest BCUT2D eigenvalue weighted by Crippen LogP contribution is 2.26. The molecule has 0 aliphatic carbocycles. The maximum Gasteiger partial charge on any atom is 0.0750 e. The van der Waals surface area contributed by atoms with Crippen molar-refractivity contribution < 1.29 is 0 Å². The number of benzene rings is 1. The summed E-state index contributed by atoms with van der Waals surface area (Å²) in [4.78, 5) is 6.80. The topological polar surface area (TPSA) is 42.1 Å². The second kappa shape index (κ2) is 5.46. The predicted octanol–water partition coefficient (Wildman–Crippen LogP) is 2.57. The Morgan fingerprint density at radius 2 is 1.94 bits per heavy atom. The Kier molecular flexibility index (Phi) is 3.94. The Morgan fingerprint density at radius 1 is 1.22 bits per heavy atom. The summed E-state index contributed by atoms with van der Waals surface area (Å²) in [5.41, 5.74) is 8.24. The summed E-state index contributed by atoms with van der Waals surface area (Å²) in [7, 11) is 2.12. The number of likely N-dealkylation sites (N-methyl/N-ethyl adjacent to an activating group) is 1. The van der Waals surface area contributed by atoms with Gasteiger partial charge in [0.15, 0.2) is 0 Å². The molecule has 0 saturated heterocycles. The van der Waals surface area contributed by atoms with Crippen LogP contribution in [0.4, 0.5) is 0 Å². The average molecular weight is 243 g/mol. The van der Waals surface area contributed by atoms with Crippen molar-refractivity contribution in [2.45, 2.75) is 25.9 Å². The lowest BCUT2D eigenvalue weighted by Gasteiger charge is -2.31. The molecule has 1 atom stereocenters. The molecule has 3 nitrogen and oxygen atoms in total. The van der Waals surface area contributed by atoms with Gasteiger partial charge in [0.2, 0.25) is 0 Å². The lowest BCUT2D eigenvalue weighted by molar-refractivity contribution is 0.202. The molecule has 0 bridgehead atoms. The van der Waals surface area contributed by atoms with E-state index < -0.39 is 0 Å². The standard InChI is InChI=1S/C15H21N3/c1-11(2)18(3)14(10-16)13-8-4-6-12-7-5-9-17-15(12)13/h4-9,11,14H,10,16H2,1-3H3. The lowest BCUT2D eigenvalue weighted by atomic mass is 10.0. The van der Waals surface area contributed by atoms with Gasteiger partial charge in [0.05, 0.1) is 5.52 Å². The van der Waals surface area contributed by atoms with Crippen LogP contribution in [0.25, 0.3) is 10.9 Å². The number of nitrogens with two attached hydrogens (primary N) is 1. The van der Waals surface area contributed by atoms with Crippen LogP contribution in [0.5, 0.6) is 0 Å². The predicted molar refractivity (Wildman–Crippen MR) is 76.4 cm³/mol. The molecule has 0 radical (unpaired) electrons. The molecule has 0 saturated carbocycles. The molecule has 1 heterocycles. The zero-order valence-electron chi connectivity index (χ0n) is 11.3. The third-order valence-electron chi connectivity index (χ3n) is 3.55. The van der Waals surface area contributed by atoms with E-state index in [9.17, 15) is 0 Å². The summed E-state index contributed by atoms with van der Waals surface area (Å²) in [6.07, 6.45) is 1.84. The van der Waals surface area contributed by atoms with Gasteiger partial charge in [-0.3, -0.25) is 9.88 Å². The van der Waals surface area contributed by atoms with Crippen molar-refractivity contribution in [2.75, 3.05) is 13.6 Å². The molecule has 96 valence electrons. The molecule has 0 aliphatic heterocycles. The second-order valence-electron chi connectivity index (χ2n) is 4.93. The first-order valence-corrected chi connectivity index (χ1v) is 6.40. The minimum absolute atomic E-state index is 0.212. The summed E-state index contributed by atoms with van der Waals surface area (Å²) in [6, 6.07) is 11.0. The molecule has 1 unspecified atom stereocenters. The fourth-order valence-electron chi connectivity index (χ4n) is 2.27. The van der Waals surface area contributed by atoms with Gasteiger partial charge in [-0.1, -0.05) is 24.3 Å². The van der Waals surface area contributed by atoms with Gasteiger partial charge >= 0.3 is 0 Å². The Labute approximate surface area is 109 Å². The van der Waals surface area contributed by atoms with E-state index in [1.165, 1.54) is 10.9 Å². The fourth-order valence-corrected chi connectivity index (χ4v) is 2.27. The average Bonchev–Trinajstić information content (AvgIpc) is 2.39. The van der Waals surface area contributed by atoms with E-state index in [1.807, 2.05) is 12.3 Å². The van der Waals surface area contributed by atoms with Crippen LogP contribution in [-0.2, 0) is 0 Å². The minimum atomic E-state index is 0.212. The number of hydrogen-bond donors (Lipinski definition) is 1. The molecule has 0 spiro atoms. The number of hydrogen-bond acceptors (Lipinski definition) is 3. The molecule has 18 heavy (non-hydrogen) atoms. The molecule has 1 aromatic carbocycles. The van der Waals surface area contributed by atoms with Crippen LogP contribution < -0.4 is 5.73 Å². The van der Waals surface area contributed by atoms with E-state index in [0.29, 0.717) is 12.6 Å². The molecule has 2 N–H and O–H groups in total. The first-order chi connectivity index (χ1) is 8.65. The molecule has 3 heteroatoms. The van der Waals surface area contributed by atoms with E-state index in [4.69, 9.17) is 5.73 Å². The normalized spacial score (nSPS) is 13.4. The molecule has 0 fully saturated rings. The van der Waals surface area contributed by atoms with Gasteiger partial charge in [-0.05, 0) is 32.5 Å². The SMILES string of the molecule is CC(C)N(C)C(CN)c1cccc2cccnc12.